The summed E-state index contributed by atoms with van der Waals surface area (Å²) in [5, 5.41) is 13.7. The van der Waals surface area contributed by atoms with Crippen LogP contribution >= 0.6 is 33.9 Å². The minimum Gasteiger partial charge on any atom is -0.478 e. The molecule has 2 aromatic rings. The average molecular weight is 359 g/mol. The summed E-state index contributed by atoms with van der Waals surface area (Å²) in [6.45, 7) is 0.651. The van der Waals surface area contributed by atoms with E-state index >= 15 is 0 Å². The molecule has 0 aliphatic heterocycles. The second-order valence-electron chi connectivity index (χ2n) is 3.47. The number of carbonyl (C=O) groups is 1. The van der Waals surface area contributed by atoms with Gasteiger partial charge in [0.2, 0.25) is 0 Å². The second-order valence-corrected chi connectivity index (χ2v) is 5.71. The Morgan fingerprint density at radius 1 is 1.41 bits per heavy atom. The highest BCUT2D eigenvalue weighted by Gasteiger charge is 2.05. The molecule has 2 rings (SSSR count). The number of nitrogens with one attached hydrogen (secondary N) is 1. The fourth-order valence-corrected chi connectivity index (χ4v) is 2.71. The quantitative estimate of drug-likeness (QED) is 0.820. The predicted octanol–water partition coefficient (Wildman–Crippen LogP) is 3.66. The van der Waals surface area contributed by atoms with Crippen molar-refractivity contribution in [2.75, 3.05) is 5.32 Å². The third-order valence-corrected chi connectivity index (χ3v) is 3.80. The Labute approximate surface area is 117 Å². The zero-order valence-electron chi connectivity index (χ0n) is 8.81. The molecule has 0 radical (unpaired) electrons. The first kappa shape index (κ1) is 12.4. The normalized spacial score (nSPS) is 10.2. The number of carboxylic acids is 1. The molecule has 0 amide bonds. The van der Waals surface area contributed by atoms with Crippen LogP contribution in [0.25, 0.3) is 0 Å². The monoisotopic (exact) mass is 359 g/mol. The van der Waals surface area contributed by atoms with Gasteiger partial charge >= 0.3 is 5.97 Å². The van der Waals surface area contributed by atoms with Gasteiger partial charge in [-0.3, -0.25) is 0 Å². The zero-order chi connectivity index (χ0) is 12.3. The molecule has 0 atom stereocenters. The summed E-state index contributed by atoms with van der Waals surface area (Å²) >= 11 is 3.71. The summed E-state index contributed by atoms with van der Waals surface area (Å²) in [6, 6.07) is 9.76. The first-order chi connectivity index (χ1) is 8.15. The number of anilines is 1. The molecule has 0 spiro atoms. The van der Waals surface area contributed by atoms with E-state index in [1.165, 1.54) is 14.9 Å². The third kappa shape index (κ3) is 3.44. The number of carboxylic acid groups (broad SMARTS) is 1. The van der Waals surface area contributed by atoms with E-state index in [0.29, 0.717) is 12.1 Å². The maximum absolute atomic E-state index is 10.7. The van der Waals surface area contributed by atoms with E-state index in [0.717, 1.165) is 10.6 Å². The molecule has 0 unspecified atom stereocenters. The zero-order valence-corrected chi connectivity index (χ0v) is 11.8. The van der Waals surface area contributed by atoms with Crippen LogP contribution in [0.5, 0.6) is 0 Å². The second kappa shape index (κ2) is 5.50. The Morgan fingerprint density at radius 2 is 2.24 bits per heavy atom. The van der Waals surface area contributed by atoms with Gasteiger partial charge in [0.15, 0.2) is 0 Å². The molecule has 0 aliphatic carbocycles. The summed E-state index contributed by atoms with van der Waals surface area (Å²) in [4.78, 5) is 11.7. The van der Waals surface area contributed by atoms with Crippen LogP contribution < -0.4 is 5.32 Å². The lowest BCUT2D eigenvalue weighted by atomic mass is 10.3. The van der Waals surface area contributed by atoms with Gasteiger partial charge in [0.1, 0.15) is 0 Å². The van der Waals surface area contributed by atoms with Crippen LogP contribution in [0.1, 0.15) is 15.2 Å². The number of benzene rings is 1. The highest BCUT2D eigenvalue weighted by Crippen LogP contribution is 2.18. The van der Waals surface area contributed by atoms with Crippen molar-refractivity contribution in [1.29, 1.82) is 0 Å². The maximum atomic E-state index is 10.7. The van der Waals surface area contributed by atoms with Crippen LogP contribution in [-0.2, 0) is 6.54 Å². The topological polar surface area (TPSA) is 49.3 Å². The van der Waals surface area contributed by atoms with Crippen LogP contribution in [0.4, 0.5) is 5.69 Å². The molecule has 17 heavy (non-hydrogen) atoms. The molecule has 2 N–H and O–H groups in total. The number of hydrogen-bond acceptors (Lipinski definition) is 3. The van der Waals surface area contributed by atoms with Gasteiger partial charge in [-0.25, -0.2) is 4.79 Å². The van der Waals surface area contributed by atoms with Crippen molar-refractivity contribution < 1.29 is 9.90 Å². The number of hydrogen-bond donors (Lipinski definition) is 2. The number of rotatable bonds is 4. The molecule has 88 valence electrons. The van der Waals surface area contributed by atoms with Crippen LogP contribution in [-0.4, -0.2) is 11.1 Å². The first-order valence-electron chi connectivity index (χ1n) is 4.95. The van der Waals surface area contributed by atoms with E-state index in [4.69, 9.17) is 5.11 Å². The number of halogens is 1. The maximum Gasteiger partial charge on any atom is 0.336 e. The van der Waals surface area contributed by atoms with Crippen LogP contribution in [0, 0.1) is 3.57 Å². The predicted molar refractivity (Wildman–Crippen MR) is 77.8 cm³/mol. The Balaban J connectivity index is 2.00. The average Bonchev–Trinajstić information content (AvgIpc) is 2.75. The molecule has 0 saturated carbocycles. The van der Waals surface area contributed by atoms with Gasteiger partial charge in [0.25, 0.3) is 0 Å². The van der Waals surface area contributed by atoms with Gasteiger partial charge in [0, 0.05) is 26.1 Å². The Kier molecular flexibility index (Phi) is 4.01. The molecular formula is C12H10INO2S. The van der Waals surface area contributed by atoms with E-state index in [-0.39, 0.29) is 0 Å². The van der Waals surface area contributed by atoms with Gasteiger partial charge in [-0.2, -0.15) is 0 Å². The summed E-state index contributed by atoms with van der Waals surface area (Å²) in [5.74, 6) is -0.873. The van der Waals surface area contributed by atoms with Crippen molar-refractivity contribution in [2.45, 2.75) is 6.54 Å². The van der Waals surface area contributed by atoms with Crippen molar-refractivity contribution in [3.8, 4) is 0 Å². The van der Waals surface area contributed by atoms with E-state index in [9.17, 15) is 4.79 Å². The van der Waals surface area contributed by atoms with Gasteiger partial charge in [0.05, 0.1) is 5.56 Å². The van der Waals surface area contributed by atoms with Crippen LogP contribution in [0.2, 0.25) is 0 Å². The molecule has 5 heteroatoms. The minimum absolute atomic E-state index is 0.356. The van der Waals surface area contributed by atoms with Crippen LogP contribution in [0.15, 0.2) is 35.7 Å². The third-order valence-electron chi connectivity index (χ3n) is 2.19. The molecule has 3 nitrogen and oxygen atoms in total. The van der Waals surface area contributed by atoms with E-state index in [1.54, 1.807) is 11.4 Å². The molecule has 1 aromatic heterocycles. The van der Waals surface area contributed by atoms with Gasteiger partial charge in [-0.1, -0.05) is 6.07 Å². The summed E-state index contributed by atoms with van der Waals surface area (Å²) < 4.78 is 1.17. The van der Waals surface area contributed by atoms with Crippen molar-refractivity contribution in [3.63, 3.8) is 0 Å². The fraction of sp³-hybridized carbons (Fsp3) is 0.0833. The van der Waals surface area contributed by atoms with Crippen molar-refractivity contribution in [1.82, 2.24) is 0 Å². The van der Waals surface area contributed by atoms with E-state index < -0.39 is 5.97 Å². The molecule has 0 bridgehead atoms. The van der Waals surface area contributed by atoms with E-state index in [2.05, 4.69) is 27.9 Å². The molecule has 1 heterocycles. The largest absolute Gasteiger partial charge is 0.478 e. The van der Waals surface area contributed by atoms with Crippen LogP contribution in [0.3, 0.4) is 0 Å². The summed E-state index contributed by atoms with van der Waals surface area (Å²) in [7, 11) is 0. The Bertz CT molecular complexity index is 539. The molecular weight excluding hydrogens is 349 g/mol. The van der Waals surface area contributed by atoms with Crippen molar-refractivity contribution in [2.24, 2.45) is 0 Å². The molecule has 0 aliphatic rings. The van der Waals surface area contributed by atoms with E-state index in [1.807, 2.05) is 24.3 Å². The standard InChI is InChI=1S/C12H10INO2S/c13-9-2-1-3-10(5-9)14-6-11-4-8(7-17-11)12(15)16/h1-5,7,14H,6H2,(H,15,16). The highest BCUT2D eigenvalue weighted by molar-refractivity contribution is 14.1. The number of aromatic carboxylic acids is 1. The summed E-state index contributed by atoms with van der Waals surface area (Å²) in [5.41, 5.74) is 1.40. The molecule has 0 fully saturated rings. The lowest BCUT2D eigenvalue weighted by Crippen LogP contribution is -1.98. The Hall–Kier alpha value is -1.08. The van der Waals surface area contributed by atoms with Crippen molar-refractivity contribution >= 4 is 45.6 Å². The van der Waals surface area contributed by atoms with Gasteiger partial charge < -0.3 is 10.4 Å². The highest BCUT2D eigenvalue weighted by atomic mass is 127. The molecule has 1 aromatic carbocycles. The minimum atomic E-state index is -0.873. The first-order valence-corrected chi connectivity index (χ1v) is 6.91. The number of thiophene rings is 1. The van der Waals surface area contributed by atoms with Gasteiger partial charge in [-0.05, 0) is 46.9 Å². The smallest absolute Gasteiger partial charge is 0.336 e. The van der Waals surface area contributed by atoms with Crippen molar-refractivity contribution in [3.05, 3.63) is 49.7 Å². The lowest BCUT2D eigenvalue weighted by Gasteiger charge is -2.04. The molecule has 0 saturated heterocycles. The fourth-order valence-electron chi connectivity index (χ4n) is 1.37. The van der Waals surface area contributed by atoms with Gasteiger partial charge in [-0.15, -0.1) is 11.3 Å². The lowest BCUT2D eigenvalue weighted by molar-refractivity contribution is 0.0697. The SMILES string of the molecule is O=C(O)c1csc(CNc2cccc(I)c2)c1. The Morgan fingerprint density at radius 3 is 2.88 bits per heavy atom. The summed E-state index contributed by atoms with van der Waals surface area (Å²) in [6.07, 6.45) is 0.